The van der Waals surface area contributed by atoms with Crippen molar-refractivity contribution in [3.8, 4) is 0 Å². The van der Waals surface area contributed by atoms with Crippen molar-refractivity contribution in [2.75, 3.05) is 13.6 Å². The summed E-state index contributed by atoms with van der Waals surface area (Å²) in [6, 6.07) is 3.28. The van der Waals surface area contributed by atoms with Gasteiger partial charge in [0.15, 0.2) is 0 Å². The highest BCUT2D eigenvalue weighted by atomic mass is 32.2. The van der Waals surface area contributed by atoms with Crippen molar-refractivity contribution in [1.29, 1.82) is 0 Å². The van der Waals surface area contributed by atoms with Gasteiger partial charge in [-0.05, 0) is 44.4 Å². The molecule has 1 aromatic rings. The normalized spacial score (nSPS) is 28.7. The third kappa shape index (κ3) is 2.92. The van der Waals surface area contributed by atoms with Crippen LogP contribution in [0.1, 0.15) is 33.0 Å². The van der Waals surface area contributed by atoms with Crippen LogP contribution in [0.5, 0.6) is 0 Å². The molecule has 1 N–H and O–H groups in total. The van der Waals surface area contributed by atoms with E-state index >= 15 is 0 Å². The zero-order valence-electron chi connectivity index (χ0n) is 12.6. The van der Waals surface area contributed by atoms with Crippen LogP contribution in [-0.2, 0) is 16.6 Å². The van der Waals surface area contributed by atoms with Gasteiger partial charge in [0, 0.05) is 12.6 Å². The Labute approximate surface area is 121 Å². The van der Waals surface area contributed by atoms with Gasteiger partial charge in [0.25, 0.3) is 10.0 Å². The Kier molecular flexibility index (Phi) is 4.56. The van der Waals surface area contributed by atoms with Gasteiger partial charge in [-0.3, -0.25) is 0 Å². The molecule has 0 aromatic carbocycles. The second-order valence-electron chi connectivity index (χ2n) is 5.88. The van der Waals surface area contributed by atoms with Gasteiger partial charge in [-0.15, -0.1) is 0 Å². The number of furan rings is 1. The molecule has 0 aliphatic carbocycles. The van der Waals surface area contributed by atoms with Gasteiger partial charge in [0.05, 0.1) is 6.54 Å². The van der Waals surface area contributed by atoms with Crippen LogP contribution in [0.3, 0.4) is 0 Å². The molecule has 1 aromatic heterocycles. The average molecular weight is 300 g/mol. The number of rotatable bonds is 4. The van der Waals surface area contributed by atoms with E-state index in [-0.39, 0.29) is 11.1 Å². The van der Waals surface area contributed by atoms with E-state index in [1.165, 1.54) is 0 Å². The van der Waals surface area contributed by atoms with Gasteiger partial charge in [-0.1, -0.05) is 13.8 Å². The molecule has 3 unspecified atom stereocenters. The molecule has 0 saturated carbocycles. The van der Waals surface area contributed by atoms with Crippen LogP contribution in [0.2, 0.25) is 0 Å². The molecule has 6 heteroatoms. The third-order valence-electron chi connectivity index (χ3n) is 4.09. The fraction of sp³-hybridized carbons (Fsp3) is 0.714. The van der Waals surface area contributed by atoms with Crippen molar-refractivity contribution in [2.45, 2.75) is 44.9 Å². The Morgan fingerprint density at radius 3 is 2.70 bits per heavy atom. The van der Waals surface area contributed by atoms with Crippen molar-refractivity contribution in [2.24, 2.45) is 11.8 Å². The molecular formula is C14H24N2O3S. The van der Waals surface area contributed by atoms with E-state index in [4.69, 9.17) is 4.42 Å². The Bertz CT molecular complexity index is 553. The van der Waals surface area contributed by atoms with E-state index in [9.17, 15) is 8.42 Å². The highest BCUT2D eigenvalue weighted by Gasteiger charge is 2.38. The maximum absolute atomic E-state index is 12.7. The molecule has 0 radical (unpaired) electrons. The quantitative estimate of drug-likeness (QED) is 0.924. The van der Waals surface area contributed by atoms with E-state index in [0.29, 0.717) is 30.7 Å². The topological polar surface area (TPSA) is 62.6 Å². The number of sulfonamides is 1. The molecule has 2 heterocycles. The molecule has 1 fully saturated rings. The van der Waals surface area contributed by atoms with Crippen LogP contribution < -0.4 is 5.32 Å². The van der Waals surface area contributed by atoms with Crippen molar-refractivity contribution in [3.05, 3.63) is 17.9 Å². The SMILES string of the molecule is CNCc1ccc(S(=O)(=O)N2CC(C)CC(C)C2C)o1. The summed E-state index contributed by atoms with van der Waals surface area (Å²) in [6.45, 7) is 7.27. The maximum Gasteiger partial charge on any atom is 0.276 e. The lowest BCUT2D eigenvalue weighted by atomic mass is 9.88. The second-order valence-corrected chi connectivity index (χ2v) is 7.71. The number of piperidine rings is 1. The van der Waals surface area contributed by atoms with Crippen LogP contribution in [0, 0.1) is 11.8 Å². The van der Waals surface area contributed by atoms with Crippen molar-refractivity contribution >= 4 is 10.0 Å². The van der Waals surface area contributed by atoms with Crippen LogP contribution in [0.15, 0.2) is 21.6 Å². The molecule has 114 valence electrons. The molecule has 1 aliphatic rings. The molecule has 20 heavy (non-hydrogen) atoms. The van der Waals surface area contributed by atoms with Gasteiger partial charge < -0.3 is 9.73 Å². The molecule has 1 saturated heterocycles. The standard InChI is InChI=1S/C14H24N2O3S/c1-10-7-11(2)12(3)16(9-10)20(17,18)14-6-5-13(19-14)8-15-4/h5-6,10-12,15H,7-9H2,1-4H3. The van der Waals surface area contributed by atoms with Crippen molar-refractivity contribution in [1.82, 2.24) is 9.62 Å². The third-order valence-corrected chi connectivity index (χ3v) is 5.92. The van der Waals surface area contributed by atoms with E-state index in [2.05, 4.69) is 19.2 Å². The first-order valence-corrected chi connectivity index (χ1v) is 8.55. The monoisotopic (exact) mass is 300 g/mol. The Balaban J connectivity index is 2.28. The summed E-state index contributed by atoms with van der Waals surface area (Å²) in [4.78, 5) is 0. The molecule has 0 spiro atoms. The molecule has 3 atom stereocenters. The minimum absolute atomic E-state index is 0.00838. The largest absolute Gasteiger partial charge is 0.447 e. The number of hydrogen-bond acceptors (Lipinski definition) is 4. The summed E-state index contributed by atoms with van der Waals surface area (Å²) in [5.41, 5.74) is 0. The lowest BCUT2D eigenvalue weighted by Gasteiger charge is -2.39. The van der Waals surface area contributed by atoms with E-state index < -0.39 is 10.0 Å². The molecule has 1 aliphatic heterocycles. The first kappa shape index (κ1) is 15.5. The van der Waals surface area contributed by atoms with Crippen LogP contribution >= 0.6 is 0 Å². The van der Waals surface area contributed by atoms with E-state index in [1.807, 2.05) is 6.92 Å². The minimum Gasteiger partial charge on any atom is -0.447 e. The predicted octanol–water partition coefficient (Wildman–Crippen LogP) is 2.05. The first-order chi connectivity index (χ1) is 9.36. The zero-order valence-corrected chi connectivity index (χ0v) is 13.4. The second kappa shape index (κ2) is 5.87. The number of nitrogens with zero attached hydrogens (tertiary/aromatic N) is 1. The van der Waals surface area contributed by atoms with E-state index in [1.54, 1.807) is 23.5 Å². The summed E-state index contributed by atoms with van der Waals surface area (Å²) in [6.07, 6.45) is 1.07. The molecule has 0 bridgehead atoms. The predicted molar refractivity (Wildman–Crippen MR) is 77.8 cm³/mol. The smallest absolute Gasteiger partial charge is 0.276 e. The number of hydrogen-bond donors (Lipinski definition) is 1. The molecule has 5 nitrogen and oxygen atoms in total. The van der Waals surface area contributed by atoms with Gasteiger partial charge in [-0.2, -0.15) is 4.31 Å². The fourth-order valence-electron chi connectivity index (χ4n) is 2.86. The number of nitrogens with one attached hydrogen (secondary N) is 1. The van der Waals surface area contributed by atoms with Crippen molar-refractivity contribution in [3.63, 3.8) is 0 Å². The van der Waals surface area contributed by atoms with Gasteiger partial charge >= 0.3 is 0 Å². The fourth-order valence-corrected chi connectivity index (χ4v) is 4.64. The molecule has 0 amide bonds. The summed E-state index contributed by atoms with van der Waals surface area (Å²) in [7, 11) is -1.74. The van der Waals surface area contributed by atoms with Crippen LogP contribution in [-0.4, -0.2) is 32.4 Å². The van der Waals surface area contributed by atoms with Gasteiger partial charge in [0.1, 0.15) is 5.76 Å². The van der Waals surface area contributed by atoms with Crippen molar-refractivity contribution < 1.29 is 12.8 Å². The lowest BCUT2D eigenvalue weighted by Crippen LogP contribution is -2.48. The highest BCUT2D eigenvalue weighted by molar-refractivity contribution is 7.89. The minimum atomic E-state index is -3.54. The maximum atomic E-state index is 12.7. The average Bonchev–Trinajstić information content (AvgIpc) is 2.83. The molecular weight excluding hydrogens is 276 g/mol. The summed E-state index contributed by atoms with van der Waals surface area (Å²) in [5.74, 6) is 1.37. The van der Waals surface area contributed by atoms with Crippen LogP contribution in [0.4, 0.5) is 0 Å². The Morgan fingerprint density at radius 2 is 2.05 bits per heavy atom. The van der Waals surface area contributed by atoms with Gasteiger partial charge in [0.2, 0.25) is 5.09 Å². The summed E-state index contributed by atoms with van der Waals surface area (Å²) in [5, 5.41) is 3.00. The Morgan fingerprint density at radius 1 is 1.35 bits per heavy atom. The van der Waals surface area contributed by atoms with Crippen LogP contribution in [0.25, 0.3) is 0 Å². The zero-order chi connectivity index (χ0) is 14.9. The Hall–Kier alpha value is -0.850. The highest BCUT2D eigenvalue weighted by Crippen LogP contribution is 2.32. The van der Waals surface area contributed by atoms with Gasteiger partial charge in [-0.25, -0.2) is 8.42 Å². The van der Waals surface area contributed by atoms with E-state index in [0.717, 1.165) is 6.42 Å². The summed E-state index contributed by atoms with van der Waals surface area (Å²) < 4.78 is 32.5. The lowest BCUT2D eigenvalue weighted by molar-refractivity contribution is 0.155. The first-order valence-electron chi connectivity index (χ1n) is 7.11. The molecule has 2 rings (SSSR count). The summed E-state index contributed by atoms with van der Waals surface area (Å²) >= 11 is 0.